The number of carbonyl (C=O) groups excluding carboxylic acids is 1. The minimum atomic E-state index is -1.05. The highest BCUT2D eigenvalue weighted by atomic mass is 16.5. The quantitative estimate of drug-likeness (QED) is 0.456. The van der Waals surface area contributed by atoms with E-state index >= 15 is 0 Å². The van der Waals surface area contributed by atoms with Gasteiger partial charge in [0.25, 0.3) is 0 Å². The van der Waals surface area contributed by atoms with Crippen LogP contribution in [0, 0.1) is 0 Å². The van der Waals surface area contributed by atoms with Crippen molar-refractivity contribution in [1.29, 1.82) is 0 Å². The standard InChI is InChI=1S/C10H10O5.C8H20NO/c11-5-6-15-10(14)8-3-1-7(2-4-8)9(12)13;1-4-9(5-2,6-3)7-8-10/h1-4,11H,5-6H2,(H,12,13);10H,4-8H2,1-3H3/q;+1. The van der Waals surface area contributed by atoms with Crippen LogP contribution in [0.4, 0.5) is 0 Å². The van der Waals surface area contributed by atoms with Crippen molar-refractivity contribution in [3.8, 4) is 0 Å². The summed E-state index contributed by atoms with van der Waals surface area (Å²) in [6, 6.07) is 5.36. The van der Waals surface area contributed by atoms with Crippen molar-refractivity contribution >= 4 is 11.9 Å². The summed E-state index contributed by atoms with van der Waals surface area (Å²) in [5, 5.41) is 25.8. The minimum absolute atomic E-state index is 0.0699. The Kier molecular flexibility index (Phi) is 11.4. The molecular weight excluding hydrogens is 326 g/mol. The summed E-state index contributed by atoms with van der Waals surface area (Å²) < 4.78 is 5.69. The molecule has 0 saturated heterocycles. The lowest BCUT2D eigenvalue weighted by atomic mass is 10.1. The molecule has 0 unspecified atom stereocenters. The lowest BCUT2D eigenvalue weighted by Gasteiger charge is -2.34. The van der Waals surface area contributed by atoms with Gasteiger partial charge in [-0.15, -0.1) is 0 Å². The molecule has 1 aromatic carbocycles. The molecule has 0 bridgehead atoms. The number of carboxylic acid groups (broad SMARTS) is 1. The number of benzene rings is 1. The van der Waals surface area contributed by atoms with Gasteiger partial charge in [0.15, 0.2) is 0 Å². The van der Waals surface area contributed by atoms with Gasteiger partial charge in [0, 0.05) is 0 Å². The van der Waals surface area contributed by atoms with Crippen LogP contribution in [0.2, 0.25) is 0 Å². The number of aliphatic hydroxyl groups is 2. The average Bonchev–Trinajstić information content (AvgIpc) is 2.65. The van der Waals surface area contributed by atoms with Gasteiger partial charge in [0.2, 0.25) is 0 Å². The number of carboxylic acids is 1. The third-order valence-corrected chi connectivity index (χ3v) is 4.28. The van der Waals surface area contributed by atoms with Crippen molar-refractivity contribution in [3.63, 3.8) is 0 Å². The zero-order valence-corrected chi connectivity index (χ0v) is 15.3. The molecule has 0 amide bonds. The van der Waals surface area contributed by atoms with Crippen molar-refractivity contribution in [1.82, 2.24) is 0 Å². The molecule has 0 atom stereocenters. The summed E-state index contributed by atoms with van der Waals surface area (Å²) in [6.45, 7) is 10.9. The van der Waals surface area contributed by atoms with E-state index in [1.54, 1.807) is 0 Å². The molecule has 0 aromatic heterocycles. The summed E-state index contributed by atoms with van der Waals surface area (Å²) in [6.07, 6.45) is 0. The van der Waals surface area contributed by atoms with Gasteiger partial charge in [-0.25, -0.2) is 9.59 Å². The van der Waals surface area contributed by atoms with Crippen LogP contribution in [0.3, 0.4) is 0 Å². The third kappa shape index (κ3) is 8.11. The molecule has 0 aliphatic carbocycles. The highest BCUT2D eigenvalue weighted by Gasteiger charge is 2.18. The van der Waals surface area contributed by atoms with E-state index in [0.717, 1.165) is 30.7 Å². The second-order valence-electron chi connectivity index (χ2n) is 5.48. The molecule has 25 heavy (non-hydrogen) atoms. The van der Waals surface area contributed by atoms with Crippen molar-refractivity contribution in [3.05, 3.63) is 35.4 Å². The van der Waals surface area contributed by atoms with Gasteiger partial charge in [-0.05, 0) is 45.0 Å². The zero-order chi connectivity index (χ0) is 19.3. The van der Waals surface area contributed by atoms with Gasteiger partial charge >= 0.3 is 11.9 Å². The lowest BCUT2D eigenvalue weighted by molar-refractivity contribution is -0.923. The average molecular weight is 356 g/mol. The molecule has 3 N–H and O–H groups in total. The number of rotatable bonds is 9. The molecule has 0 aliphatic heterocycles. The van der Waals surface area contributed by atoms with Gasteiger partial charge in [0.1, 0.15) is 13.2 Å². The predicted molar refractivity (Wildman–Crippen MR) is 94.6 cm³/mol. The van der Waals surface area contributed by atoms with E-state index in [2.05, 4.69) is 25.5 Å². The molecule has 142 valence electrons. The van der Waals surface area contributed by atoms with E-state index in [1.165, 1.54) is 24.3 Å². The van der Waals surface area contributed by atoms with Crippen molar-refractivity contribution < 1.29 is 34.1 Å². The number of nitrogens with zero attached hydrogens (tertiary/aromatic N) is 1. The van der Waals surface area contributed by atoms with Crippen LogP contribution in [0.1, 0.15) is 41.5 Å². The number of aromatic carboxylic acids is 1. The van der Waals surface area contributed by atoms with E-state index < -0.39 is 11.9 Å². The van der Waals surface area contributed by atoms with E-state index in [0.29, 0.717) is 6.61 Å². The number of ether oxygens (including phenoxy) is 1. The second kappa shape index (κ2) is 12.4. The van der Waals surface area contributed by atoms with Crippen molar-refractivity contribution in [2.45, 2.75) is 20.8 Å². The first kappa shape index (κ1) is 23.0. The van der Waals surface area contributed by atoms with Gasteiger partial charge in [-0.2, -0.15) is 0 Å². The Balaban J connectivity index is 0.000000504. The van der Waals surface area contributed by atoms with Gasteiger partial charge in [-0.1, -0.05) is 0 Å². The van der Waals surface area contributed by atoms with Crippen LogP contribution in [0.25, 0.3) is 0 Å². The lowest BCUT2D eigenvalue weighted by Crippen LogP contribution is -2.49. The number of hydrogen-bond acceptors (Lipinski definition) is 5. The van der Waals surface area contributed by atoms with E-state index in [-0.39, 0.29) is 24.3 Å². The molecule has 0 radical (unpaired) electrons. The smallest absolute Gasteiger partial charge is 0.338 e. The summed E-state index contributed by atoms with van der Waals surface area (Å²) in [5.41, 5.74) is 0.363. The number of hydrogen-bond donors (Lipinski definition) is 3. The summed E-state index contributed by atoms with van der Waals surface area (Å²) in [7, 11) is 0. The first-order valence-electron chi connectivity index (χ1n) is 8.46. The molecule has 0 saturated carbocycles. The molecule has 7 nitrogen and oxygen atoms in total. The minimum Gasteiger partial charge on any atom is -0.478 e. The molecule has 0 heterocycles. The predicted octanol–water partition coefficient (Wildman–Crippen LogP) is 1.39. The maximum Gasteiger partial charge on any atom is 0.338 e. The molecule has 0 spiro atoms. The second-order valence-corrected chi connectivity index (χ2v) is 5.48. The maximum absolute atomic E-state index is 11.2. The molecule has 1 rings (SSSR count). The third-order valence-electron chi connectivity index (χ3n) is 4.28. The fourth-order valence-electron chi connectivity index (χ4n) is 2.33. The largest absolute Gasteiger partial charge is 0.478 e. The number of carbonyl (C=O) groups is 2. The molecule has 7 heteroatoms. The Labute approximate surface area is 149 Å². The van der Waals surface area contributed by atoms with Crippen LogP contribution in [-0.2, 0) is 4.74 Å². The maximum atomic E-state index is 11.2. The number of aliphatic hydroxyl groups excluding tert-OH is 2. The molecule has 0 fully saturated rings. The van der Waals surface area contributed by atoms with Gasteiger partial charge in [-0.3, -0.25) is 0 Å². The van der Waals surface area contributed by atoms with Crippen LogP contribution in [0.15, 0.2) is 24.3 Å². The highest BCUT2D eigenvalue weighted by molar-refractivity contribution is 5.92. The first-order valence-corrected chi connectivity index (χ1v) is 8.46. The molecule has 1 aromatic rings. The molecule has 0 aliphatic rings. The Morgan fingerprint density at radius 2 is 1.40 bits per heavy atom. The van der Waals surface area contributed by atoms with Gasteiger partial charge in [0.05, 0.1) is 44.0 Å². The van der Waals surface area contributed by atoms with Crippen molar-refractivity contribution in [2.75, 3.05) is 46.0 Å². The fraction of sp³-hybridized carbons (Fsp3) is 0.556. The van der Waals surface area contributed by atoms with Crippen molar-refractivity contribution in [2.24, 2.45) is 0 Å². The fourth-order valence-corrected chi connectivity index (χ4v) is 2.33. The number of quaternary nitrogens is 1. The van der Waals surface area contributed by atoms with E-state index in [9.17, 15) is 9.59 Å². The normalized spacial score (nSPS) is 10.6. The first-order chi connectivity index (χ1) is 11.9. The highest BCUT2D eigenvalue weighted by Crippen LogP contribution is 2.06. The Morgan fingerprint density at radius 3 is 1.72 bits per heavy atom. The number of likely N-dealkylation sites (N-methyl/N-ethyl adjacent to an activating group) is 1. The topological polar surface area (TPSA) is 104 Å². The van der Waals surface area contributed by atoms with Crippen LogP contribution in [-0.4, -0.2) is 77.7 Å². The Hall–Kier alpha value is -1.96. The summed E-state index contributed by atoms with van der Waals surface area (Å²) >= 11 is 0. The Morgan fingerprint density at radius 1 is 0.920 bits per heavy atom. The summed E-state index contributed by atoms with van der Waals surface area (Å²) in [4.78, 5) is 21.7. The molecular formula is C18H30NO6+. The Bertz CT molecular complexity index is 503. The summed E-state index contributed by atoms with van der Waals surface area (Å²) in [5.74, 6) is -1.63. The van der Waals surface area contributed by atoms with Crippen LogP contribution >= 0.6 is 0 Å². The monoisotopic (exact) mass is 356 g/mol. The van der Waals surface area contributed by atoms with E-state index in [1.807, 2.05) is 0 Å². The van der Waals surface area contributed by atoms with E-state index in [4.69, 9.17) is 15.3 Å². The van der Waals surface area contributed by atoms with Crippen LogP contribution in [0.5, 0.6) is 0 Å². The van der Waals surface area contributed by atoms with Gasteiger partial charge < -0.3 is 24.5 Å². The SMILES string of the molecule is CC[N+](CC)(CC)CCO.O=C(O)c1ccc(C(=O)OCCO)cc1. The number of esters is 1. The van der Waals surface area contributed by atoms with Crippen LogP contribution < -0.4 is 0 Å². The zero-order valence-electron chi connectivity index (χ0n) is 15.3.